The number of nitrogens with zero attached hydrogens (tertiary/aromatic N) is 3. The summed E-state index contributed by atoms with van der Waals surface area (Å²) >= 11 is 15.6. The van der Waals surface area contributed by atoms with E-state index in [1.54, 1.807) is 24.4 Å². The van der Waals surface area contributed by atoms with Crippen LogP contribution in [0.4, 0.5) is 11.5 Å². The molecular formula is C12H7BrCl2N4. The van der Waals surface area contributed by atoms with Crippen molar-refractivity contribution in [3.8, 4) is 0 Å². The minimum absolute atomic E-state index is 0.527. The predicted octanol–water partition coefficient (Wildman–Crippen LogP) is 4.54. The first-order valence-electron chi connectivity index (χ1n) is 5.35. The van der Waals surface area contributed by atoms with E-state index in [4.69, 9.17) is 23.2 Å². The van der Waals surface area contributed by atoms with Crippen molar-refractivity contribution in [1.82, 2.24) is 14.4 Å². The van der Waals surface area contributed by atoms with Gasteiger partial charge in [0.2, 0.25) is 0 Å². The molecule has 0 saturated heterocycles. The van der Waals surface area contributed by atoms with E-state index in [2.05, 4.69) is 31.2 Å². The highest BCUT2D eigenvalue weighted by atomic mass is 79.9. The zero-order chi connectivity index (χ0) is 13.4. The van der Waals surface area contributed by atoms with Gasteiger partial charge in [0.15, 0.2) is 11.5 Å². The zero-order valence-electron chi connectivity index (χ0n) is 9.44. The fourth-order valence-electron chi connectivity index (χ4n) is 1.72. The summed E-state index contributed by atoms with van der Waals surface area (Å²) in [6, 6.07) is 5.31. The molecule has 1 aromatic carbocycles. The van der Waals surface area contributed by atoms with E-state index in [1.807, 2.05) is 16.8 Å². The number of fused-ring (bicyclic) bond motifs is 1. The minimum Gasteiger partial charge on any atom is -0.335 e. The summed E-state index contributed by atoms with van der Waals surface area (Å²) in [6.45, 7) is 0. The van der Waals surface area contributed by atoms with Gasteiger partial charge in [0.1, 0.15) is 4.60 Å². The third kappa shape index (κ3) is 2.41. The van der Waals surface area contributed by atoms with Crippen LogP contribution in [0, 0.1) is 0 Å². The molecule has 0 aliphatic carbocycles. The Morgan fingerprint density at radius 1 is 1.21 bits per heavy atom. The summed E-state index contributed by atoms with van der Waals surface area (Å²) in [5.41, 5.74) is 1.31. The Hall–Kier alpha value is -1.30. The maximum absolute atomic E-state index is 6.13. The van der Waals surface area contributed by atoms with Gasteiger partial charge in [-0.05, 0) is 28.1 Å². The molecule has 0 atom stereocenters. The number of hydrogen-bond donors (Lipinski definition) is 1. The number of rotatable bonds is 2. The van der Waals surface area contributed by atoms with Crippen molar-refractivity contribution >= 4 is 56.3 Å². The van der Waals surface area contributed by atoms with Gasteiger partial charge in [-0.1, -0.05) is 29.3 Å². The van der Waals surface area contributed by atoms with Gasteiger partial charge in [0.25, 0.3) is 0 Å². The highest BCUT2D eigenvalue weighted by Gasteiger charge is 2.11. The molecule has 4 nitrogen and oxygen atoms in total. The van der Waals surface area contributed by atoms with E-state index >= 15 is 0 Å². The molecular weight excluding hydrogens is 351 g/mol. The Balaban J connectivity index is 2.13. The first kappa shape index (κ1) is 12.7. The Labute approximate surface area is 127 Å². The zero-order valence-corrected chi connectivity index (χ0v) is 12.5. The minimum atomic E-state index is 0.527. The van der Waals surface area contributed by atoms with Crippen molar-refractivity contribution in [2.45, 2.75) is 0 Å². The highest BCUT2D eigenvalue weighted by molar-refractivity contribution is 9.10. The van der Waals surface area contributed by atoms with Crippen molar-refractivity contribution in [1.29, 1.82) is 0 Å². The van der Waals surface area contributed by atoms with Gasteiger partial charge in [-0.3, -0.25) is 0 Å². The smallest absolute Gasteiger partial charge is 0.180 e. The van der Waals surface area contributed by atoms with Crippen LogP contribution in [0.25, 0.3) is 5.65 Å². The third-order valence-electron chi connectivity index (χ3n) is 2.55. The van der Waals surface area contributed by atoms with Crippen molar-refractivity contribution in [3.05, 3.63) is 51.4 Å². The summed E-state index contributed by atoms with van der Waals surface area (Å²) < 4.78 is 2.54. The molecule has 7 heteroatoms. The van der Waals surface area contributed by atoms with Crippen LogP contribution in [0.5, 0.6) is 0 Å². The second-order valence-electron chi connectivity index (χ2n) is 3.79. The number of hydrogen-bond acceptors (Lipinski definition) is 3. The van der Waals surface area contributed by atoms with Crippen LogP contribution in [0.2, 0.25) is 10.0 Å². The van der Waals surface area contributed by atoms with E-state index in [9.17, 15) is 0 Å². The molecule has 19 heavy (non-hydrogen) atoms. The number of halogens is 3. The number of anilines is 2. The van der Waals surface area contributed by atoms with Gasteiger partial charge in [0, 0.05) is 18.6 Å². The second kappa shape index (κ2) is 5.00. The van der Waals surface area contributed by atoms with Crippen LogP contribution in [0.15, 0.2) is 41.4 Å². The van der Waals surface area contributed by atoms with Crippen LogP contribution in [0.3, 0.4) is 0 Å². The third-order valence-corrected chi connectivity index (χ3v) is 3.56. The first-order chi connectivity index (χ1) is 9.15. The lowest BCUT2D eigenvalue weighted by Gasteiger charge is -2.10. The van der Waals surface area contributed by atoms with E-state index in [0.717, 1.165) is 0 Å². The number of aromatic nitrogens is 3. The monoisotopic (exact) mass is 356 g/mol. The molecule has 0 spiro atoms. The summed E-state index contributed by atoms with van der Waals surface area (Å²) in [5, 5.41) is 4.18. The lowest BCUT2D eigenvalue weighted by Crippen LogP contribution is -1.99. The SMILES string of the molecule is Clc1cccc(Cl)c1Nc1nc(Br)cn2ccnc12. The molecule has 0 aliphatic heterocycles. The molecule has 0 amide bonds. The van der Waals surface area contributed by atoms with E-state index < -0.39 is 0 Å². The summed E-state index contributed by atoms with van der Waals surface area (Å²) in [4.78, 5) is 8.60. The van der Waals surface area contributed by atoms with Gasteiger partial charge < -0.3 is 9.72 Å². The van der Waals surface area contributed by atoms with Crippen molar-refractivity contribution in [2.24, 2.45) is 0 Å². The van der Waals surface area contributed by atoms with Gasteiger partial charge >= 0.3 is 0 Å². The Bertz CT molecular complexity index is 736. The summed E-state index contributed by atoms with van der Waals surface area (Å²) in [5.74, 6) is 0.578. The number of imidazole rings is 1. The van der Waals surface area contributed by atoms with Crippen molar-refractivity contribution < 1.29 is 0 Å². The molecule has 0 unspecified atom stereocenters. The number of benzene rings is 1. The van der Waals surface area contributed by atoms with Gasteiger partial charge in [-0.2, -0.15) is 0 Å². The molecule has 0 bridgehead atoms. The molecule has 3 rings (SSSR count). The molecule has 0 radical (unpaired) electrons. The quantitative estimate of drug-likeness (QED) is 0.731. The molecule has 96 valence electrons. The number of para-hydroxylation sites is 1. The lowest BCUT2D eigenvalue weighted by molar-refractivity contribution is 1.10. The summed E-state index contributed by atoms with van der Waals surface area (Å²) in [6.07, 6.45) is 5.35. The molecule has 0 saturated carbocycles. The maximum Gasteiger partial charge on any atom is 0.180 e. The second-order valence-corrected chi connectivity index (χ2v) is 5.42. The average Bonchev–Trinajstić information content (AvgIpc) is 2.81. The molecule has 2 aromatic heterocycles. The fraction of sp³-hybridized carbons (Fsp3) is 0. The Kier molecular flexibility index (Phi) is 3.35. The lowest BCUT2D eigenvalue weighted by atomic mass is 10.3. The van der Waals surface area contributed by atoms with Crippen LogP contribution in [-0.4, -0.2) is 14.4 Å². The van der Waals surface area contributed by atoms with Crippen LogP contribution >= 0.6 is 39.1 Å². The first-order valence-corrected chi connectivity index (χ1v) is 6.90. The topological polar surface area (TPSA) is 42.2 Å². The summed E-state index contributed by atoms with van der Waals surface area (Å²) in [7, 11) is 0. The van der Waals surface area contributed by atoms with E-state index in [-0.39, 0.29) is 0 Å². The largest absolute Gasteiger partial charge is 0.335 e. The van der Waals surface area contributed by atoms with Gasteiger partial charge in [-0.25, -0.2) is 9.97 Å². The molecule has 1 N–H and O–H groups in total. The molecule has 0 aliphatic rings. The fourth-order valence-corrected chi connectivity index (χ4v) is 2.61. The Morgan fingerprint density at radius 3 is 2.68 bits per heavy atom. The van der Waals surface area contributed by atoms with Gasteiger partial charge in [0.05, 0.1) is 15.7 Å². The van der Waals surface area contributed by atoms with E-state index in [0.29, 0.717) is 31.8 Å². The van der Waals surface area contributed by atoms with E-state index in [1.165, 1.54) is 0 Å². The average molecular weight is 358 g/mol. The van der Waals surface area contributed by atoms with Crippen LogP contribution in [0.1, 0.15) is 0 Å². The number of nitrogens with one attached hydrogen (secondary N) is 1. The standard InChI is InChI=1S/C12H7BrCl2N4/c13-9-6-19-5-4-16-12(19)11(17-9)18-10-7(14)2-1-3-8(10)15/h1-6H,(H,17,18). The maximum atomic E-state index is 6.13. The normalized spacial score (nSPS) is 10.9. The van der Waals surface area contributed by atoms with Crippen molar-refractivity contribution in [2.75, 3.05) is 5.32 Å². The molecule has 0 fully saturated rings. The van der Waals surface area contributed by atoms with Crippen LogP contribution in [-0.2, 0) is 0 Å². The highest BCUT2D eigenvalue weighted by Crippen LogP contribution is 2.33. The van der Waals surface area contributed by atoms with Crippen LogP contribution < -0.4 is 5.32 Å². The van der Waals surface area contributed by atoms with Crippen molar-refractivity contribution in [3.63, 3.8) is 0 Å². The Morgan fingerprint density at radius 2 is 1.95 bits per heavy atom. The predicted molar refractivity (Wildman–Crippen MR) is 80.4 cm³/mol. The molecule has 2 heterocycles. The molecule has 3 aromatic rings. The van der Waals surface area contributed by atoms with Gasteiger partial charge in [-0.15, -0.1) is 0 Å².